The average Bonchev–Trinajstić information content (AvgIpc) is 2.76. The minimum atomic E-state index is 0. The summed E-state index contributed by atoms with van der Waals surface area (Å²) < 4.78 is 0. The lowest BCUT2D eigenvalue weighted by Crippen LogP contribution is -2.04. The Labute approximate surface area is 163 Å². The fourth-order valence-corrected chi connectivity index (χ4v) is 1.13. The number of rotatable bonds is 2. The van der Waals surface area contributed by atoms with Crippen LogP contribution >= 0.6 is 0 Å². The van der Waals surface area contributed by atoms with E-state index in [4.69, 9.17) is 5.26 Å². The third-order valence-electron chi connectivity index (χ3n) is 1.94. The molecule has 0 saturated carbocycles. The van der Waals surface area contributed by atoms with E-state index in [1.807, 2.05) is 80.6 Å². The number of nitrogens with zero attached hydrogens (tertiary/aromatic N) is 3. The summed E-state index contributed by atoms with van der Waals surface area (Å²) in [4.78, 5) is 7.64. The molecule has 4 nitrogen and oxygen atoms in total. The second kappa shape index (κ2) is 38.4. The van der Waals surface area contributed by atoms with E-state index in [1.165, 1.54) is 5.56 Å². The van der Waals surface area contributed by atoms with Crippen molar-refractivity contribution < 1.29 is 0 Å². The van der Waals surface area contributed by atoms with Crippen LogP contribution in [0.3, 0.4) is 0 Å². The van der Waals surface area contributed by atoms with Gasteiger partial charge in [0.2, 0.25) is 0 Å². The summed E-state index contributed by atoms with van der Waals surface area (Å²) in [5.41, 5.74) is 1.92. The second-order valence-corrected chi connectivity index (χ2v) is 3.23. The van der Waals surface area contributed by atoms with Gasteiger partial charge in [-0.2, -0.15) is 5.26 Å². The molecule has 0 saturated heterocycles. The first-order chi connectivity index (χ1) is 12.4. The number of hydrogen-bond donors (Lipinski definition) is 1. The zero-order valence-corrected chi connectivity index (χ0v) is 17.7. The summed E-state index contributed by atoms with van der Waals surface area (Å²) in [5, 5.41) is 11.3. The van der Waals surface area contributed by atoms with Gasteiger partial charge >= 0.3 is 0 Å². The largest absolute Gasteiger partial charge is 0.316 e. The highest BCUT2D eigenvalue weighted by atomic mass is 14.8. The molecule has 0 unspecified atom stereocenters. The Morgan fingerprint density at radius 1 is 0.769 bits per heavy atom. The Balaban J connectivity index is -0.0000000798. The van der Waals surface area contributed by atoms with Gasteiger partial charge in [0.15, 0.2) is 0 Å². The van der Waals surface area contributed by atoms with E-state index < -0.39 is 0 Å². The van der Waals surface area contributed by atoms with Gasteiger partial charge in [-0.05, 0) is 36.9 Å². The molecule has 0 fully saturated rings. The van der Waals surface area contributed by atoms with E-state index >= 15 is 0 Å². The fourth-order valence-electron chi connectivity index (χ4n) is 1.13. The third kappa shape index (κ3) is 26.6. The summed E-state index contributed by atoms with van der Waals surface area (Å²) in [6.07, 6.45) is 6.79. The fraction of sp³-hybridized carbons (Fsp3) is 0.500. The van der Waals surface area contributed by atoms with Crippen molar-refractivity contribution in [3.8, 4) is 6.07 Å². The Kier molecular flexibility index (Phi) is 51.6. The molecule has 0 aliphatic carbocycles. The van der Waals surface area contributed by atoms with Gasteiger partial charge in [-0.25, -0.2) is 0 Å². The summed E-state index contributed by atoms with van der Waals surface area (Å²) in [6.45, 7) is 16.9. The number of nitriles is 1. The van der Waals surface area contributed by atoms with Gasteiger partial charge in [-0.1, -0.05) is 62.8 Å². The SMILES string of the molecule is C.CC.CC.CC.CC.CNCc1ccncc1.N#Cc1ccncc1. The first kappa shape index (κ1) is 35.0. The van der Waals surface area contributed by atoms with Crippen molar-refractivity contribution in [1.29, 1.82) is 5.26 Å². The number of pyridine rings is 2. The van der Waals surface area contributed by atoms with Crippen LogP contribution in [0.1, 0.15) is 73.9 Å². The van der Waals surface area contributed by atoms with Crippen molar-refractivity contribution >= 4 is 0 Å². The second-order valence-electron chi connectivity index (χ2n) is 3.23. The van der Waals surface area contributed by atoms with E-state index in [0.29, 0.717) is 5.56 Å². The first-order valence-electron chi connectivity index (χ1n) is 9.20. The summed E-state index contributed by atoms with van der Waals surface area (Å²) in [5.74, 6) is 0. The standard InChI is InChI=1S/C7H10N2.C6H4N2.4C2H6.CH4/c1-8-6-7-2-4-9-5-3-7;7-5-6-1-3-8-4-2-6;4*1-2;/h2-5,8H,6H2,1H3;1-4H;4*1-2H3;1H4. The van der Waals surface area contributed by atoms with Crippen LogP contribution in [0.15, 0.2) is 49.1 Å². The van der Waals surface area contributed by atoms with Crippen LogP contribution in [0.2, 0.25) is 0 Å². The Hall–Kier alpha value is -2.25. The quantitative estimate of drug-likeness (QED) is 0.662. The van der Waals surface area contributed by atoms with Crippen molar-refractivity contribution in [3.05, 3.63) is 60.2 Å². The van der Waals surface area contributed by atoms with Crippen molar-refractivity contribution in [3.63, 3.8) is 0 Å². The summed E-state index contributed by atoms with van der Waals surface area (Å²) >= 11 is 0. The molecule has 1 N–H and O–H groups in total. The van der Waals surface area contributed by atoms with Gasteiger partial charge in [0.25, 0.3) is 0 Å². The molecule has 0 aliphatic rings. The van der Waals surface area contributed by atoms with E-state index in [-0.39, 0.29) is 7.43 Å². The van der Waals surface area contributed by atoms with Gasteiger partial charge in [-0.15, -0.1) is 0 Å². The van der Waals surface area contributed by atoms with Crippen molar-refractivity contribution in [2.75, 3.05) is 7.05 Å². The van der Waals surface area contributed by atoms with Gasteiger partial charge in [0.05, 0.1) is 11.6 Å². The van der Waals surface area contributed by atoms with Crippen LogP contribution in [0.5, 0.6) is 0 Å². The Morgan fingerprint density at radius 3 is 1.38 bits per heavy atom. The molecular weight excluding hydrogens is 320 g/mol. The van der Waals surface area contributed by atoms with Gasteiger partial charge in [0, 0.05) is 31.3 Å². The predicted octanol–water partition coefficient (Wildman–Crippen LogP) is 6.50. The maximum atomic E-state index is 8.26. The van der Waals surface area contributed by atoms with Crippen molar-refractivity contribution in [2.45, 2.75) is 69.4 Å². The van der Waals surface area contributed by atoms with E-state index in [9.17, 15) is 0 Å². The predicted molar refractivity (Wildman–Crippen MR) is 118 cm³/mol. The number of aromatic nitrogens is 2. The maximum absolute atomic E-state index is 8.26. The molecule has 0 atom stereocenters. The molecule has 4 heteroatoms. The molecule has 0 aromatic carbocycles. The van der Waals surface area contributed by atoms with Crippen LogP contribution in [-0.2, 0) is 6.54 Å². The van der Waals surface area contributed by atoms with Crippen molar-refractivity contribution in [2.24, 2.45) is 0 Å². The number of hydrogen-bond acceptors (Lipinski definition) is 4. The smallest absolute Gasteiger partial charge is 0.0992 e. The molecule has 150 valence electrons. The molecule has 0 spiro atoms. The normalized spacial score (nSPS) is 6.62. The molecule has 2 heterocycles. The highest BCUT2D eigenvalue weighted by Gasteiger charge is 1.84. The van der Waals surface area contributed by atoms with Crippen LogP contribution in [-0.4, -0.2) is 17.0 Å². The highest BCUT2D eigenvalue weighted by molar-refractivity contribution is 5.24. The number of nitrogens with one attached hydrogen (secondary N) is 1. The van der Waals surface area contributed by atoms with Gasteiger partial charge < -0.3 is 5.32 Å². The van der Waals surface area contributed by atoms with Crippen LogP contribution in [0.4, 0.5) is 0 Å². The minimum Gasteiger partial charge on any atom is -0.316 e. The molecule has 0 aliphatic heterocycles. The molecule has 0 amide bonds. The average molecular weight is 363 g/mol. The van der Waals surface area contributed by atoms with Crippen LogP contribution in [0, 0.1) is 11.3 Å². The molecule has 2 aromatic rings. The van der Waals surface area contributed by atoms with Crippen LogP contribution in [0.25, 0.3) is 0 Å². The zero-order chi connectivity index (χ0) is 20.3. The lowest BCUT2D eigenvalue weighted by atomic mass is 10.3. The van der Waals surface area contributed by atoms with E-state index in [2.05, 4.69) is 15.3 Å². The molecule has 0 radical (unpaired) electrons. The maximum Gasteiger partial charge on any atom is 0.0992 e. The summed E-state index contributed by atoms with van der Waals surface area (Å²) in [7, 11) is 1.93. The minimum absolute atomic E-state index is 0. The van der Waals surface area contributed by atoms with Gasteiger partial charge in [-0.3, -0.25) is 9.97 Å². The first-order valence-corrected chi connectivity index (χ1v) is 9.20. The topological polar surface area (TPSA) is 61.6 Å². The van der Waals surface area contributed by atoms with E-state index in [0.717, 1.165) is 6.54 Å². The van der Waals surface area contributed by atoms with E-state index in [1.54, 1.807) is 36.9 Å². The molecular formula is C22H42N4. The van der Waals surface area contributed by atoms with Crippen LogP contribution < -0.4 is 5.32 Å². The van der Waals surface area contributed by atoms with Crippen molar-refractivity contribution in [1.82, 2.24) is 15.3 Å². The molecule has 0 bridgehead atoms. The Bertz CT molecular complexity index is 451. The lowest BCUT2D eigenvalue weighted by molar-refractivity contribution is 0.816. The Morgan fingerprint density at radius 2 is 1.12 bits per heavy atom. The summed E-state index contributed by atoms with van der Waals surface area (Å²) in [6, 6.07) is 9.31. The molecule has 2 rings (SSSR count). The zero-order valence-electron chi connectivity index (χ0n) is 17.7. The molecule has 2 aromatic heterocycles. The van der Waals surface area contributed by atoms with Gasteiger partial charge in [0.1, 0.15) is 0 Å². The lowest BCUT2D eigenvalue weighted by Gasteiger charge is -1.95. The third-order valence-corrected chi connectivity index (χ3v) is 1.94. The monoisotopic (exact) mass is 362 g/mol. The highest BCUT2D eigenvalue weighted by Crippen LogP contribution is 1.93. The molecule has 26 heavy (non-hydrogen) atoms.